The molecule has 0 atom stereocenters. The van der Waals surface area contributed by atoms with Gasteiger partial charge < -0.3 is 14.7 Å². The molecule has 0 heterocycles. The minimum Gasteiger partial charge on any atom is -0.421 e. The minimum absolute atomic E-state index is 0. The Labute approximate surface area is 383 Å². The average Bonchev–Trinajstić information content (AvgIpc) is 3.17. The summed E-state index contributed by atoms with van der Waals surface area (Å²) in [5.74, 6) is 0. The van der Waals surface area contributed by atoms with Gasteiger partial charge >= 0.3 is 0 Å². The van der Waals surface area contributed by atoms with Crippen LogP contribution >= 0.6 is 95.6 Å². The van der Waals surface area contributed by atoms with E-state index in [0.717, 1.165) is 70.8 Å². The first-order chi connectivity index (χ1) is 25.4. The topological polar surface area (TPSA) is 60.7 Å². The van der Waals surface area contributed by atoms with Crippen molar-refractivity contribution in [1.29, 1.82) is 0 Å². The van der Waals surface area contributed by atoms with Crippen molar-refractivity contribution in [2.45, 2.75) is 38.2 Å². The Morgan fingerprint density at radius 2 is 0.500 bits per heavy atom. The summed E-state index contributed by atoms with van der Waals surface area (Å²) in [6.45, 7) is 0. The van der Waals surface area contributed by atoms with Crippen molar-refractivity contribution in [3.05, 3.63) is 172 Å². The number of aliphatic hydroxyl groups is 1. The standard InChI is InChI=1S/2C18H13Br3OSi.C6H12O.V/c2*19-13-1-7-16(8-2-13)23(22,17-9-3-14(20)4-10-17)18-11-5-15(21)6-12-18;7-6-4-2-1-3-5-6;/h2*1-12,22H;6-7H,1-5H2;. The molecule has 12 heteroatoms. The molecule has 0 unspecified atom stereocenters. The second kappa shape index (κ2) is 21.7. The summed E-state index contributed by atoms with van der Waals surface area (Å²) in [6, 6.07) is 47.7. The van der Waals surface area contributed by atoms with Crippen molar-refractivity contribution < 1.29 is 33.3 Å². The van der Waals surface area contributed by atoms with Gasteiger partial charge in [0.25, 0.3) is 16.6 Å². The van der Waals surface area contributed by atoms with Crippen LogP contribution in [-0.2, 0) is 18.6 Å². The number of hydrogen-bond donors (Lipinski definition) is 3. The van der Waals surface area contributed by atoms with Crippen LogP contribution in [0.25, 0.3) is 0 Å². The summed E-state index contributed by atoms with van der Waals surface area (Å²) in [5.41, 5.74) is 0. The first-order valence-electron chi connectivity index (χ1n) is 17.1. The SMILES string of the molecule is OC1CCCCC1.O[Si](c1ccc(Br)cc1)(c1ccc(Br)cc1)c1ccc(Br)cc1.O[Si](c1ccc(Br)cc1)(c1ccc(Br)cc1)c1ccc(Br)cc1.[V]. The molecule has 54 heavy (non-hydrogen) atoms. The summed E-state index contributed by atoms with van der Waals surface area (Å²) >= 11 is 20.8. The zero-order chi connectivity index (χ0) is 38.0. The summed E-state index contributed by atoms with van der Waals surface area (Å²) in [6.07, 6.45) is 5.92. The first kappa shape index (κ1) is 45.8. The van der Waals surface area contributed by atoms with E-state index in [9.17, 15) is 9.59 Å². The Morgan fingerprint density at radius 3 is 0.630 bits per heavy atom. The molecule has 3 N–H and O–H groups in total. The normalized spacial score (nSPS) is 13.1. The third-order valence-electron chi connectivity index (χ3n) is 9.15. The molecule has 0 aliphatic heterocycles. The third-order valence-corrected chi connectivity index (χ3v) is 19.3. The van der Waals surface area contributed by atoms with Crippen LogP contribution in [0.15, 0.2) is 172 Å². The Kier molecular flexibility index (Phi) is 18.4. The van der Waals surface area contributed by atoms with Crippen molar-refractivity contribution in [3.8, 4) is 0 Å². The molecule has 7 rings (SSSR count). The summed E-state index contributed by atoms with van der Waals surface area (Å²) < 4.78 is 6.02. The van der Waals surface area contributed by atoms with E-state index in [4.69, 9.17) is 5.11 Å². The second-order valence-corrected chi connectivity index (χ2v) is 24.6. The Morgan fingerprint density at radius 1 is 0.333 bits per heavy atom. The molecule has 1 saturated carbocycles. The zero-order valence-corrected chi connectivity index (χ0v) is 41.9. The molecule has 1 aliphatic carbocycles. The second-order valence-electron chi connectivity index (χ2n) is 12.8. The Bertz CT molecular complexity index is 1660. The maximum atomic E-state index is 11.8. The van der Waals surface area contributed by atoms with Gasteiger partial charge in [-0.2, -0.15) is 0 Å². The largest absolute Gasteiger partial charge is 0.421 e. The minimum atomic E-state index is -3.01. The smallest absolute Gasteiger partial charge is 0.285 e. The Hall–Kier alpha value is -0.902. The van der Waals surface area contributed by atoms with E-state index in [1.807, 2.05) is 146 Å². The van der Waals surface area contributed by atoms with Crippen LogP contribution in [0.4, 0.5) is 0 Å². The summed E-state index contributed by atoms with van der Waals surface area (Å²) in [4.78, 5) is 23.6. The Balaban J connectivity index is 0.000000201. The molecule has 1 radical (unpaired) electrons. The maximum Gasteiger partial charge on any atom is 0.285 e. The molecule has 0 aromatic heterocycles. The van der Waals surface area contributed by atoms with Gasteiger partial charge in [-0.25, -0.2) is 0 Å². The van der Waals surface area contributed by atoms with Crippen LogP contribution in [0, 0.1) is 0 Å². The maximum absolute atomic E-state index is 11.8. The van der Waals surface area contributed by atoms with Gasteiger partial charge in [-0.1, -0.05) is 188 Å². The number of rotatable bonds is 6. The van der Waals surface area contributed by atoms with Crippen molar-refractivity contribution >= 4 is 143 Å². The molecule has 3 nitrogen and oxygen atoms in total. The van der Waals surface area contributed by atoms with E-state index < -0.39 is 16.6 Å². The zero-order valence-electron chi connectivity index (χ0n) is 29.0. The molecule has 0 saturated heterocycles. The molecular formula is C42H38Br6O3Si2V. The van der Waals surface area contributed by atoms with Gasteiger partial charge in [-0.15, -0.1) is 0 Å². The van der Waals surface area contributed by atoms with Crippen LogP contribution < -0.4 is 31.1 Å². The van der Waals surface area contributed by atoms with Crippen LogP contribution in [0.1, 0.15) is 32.1 Å². The predicted octanol–water partition coefficient (Wildman–Crippen LogP) is 9.18. The van der Waals surface area contributed by atoms with E-state index in [1.54, 1.807) is 0 Å². The van der Waals surface area contributed by atoms with Gasteiger partial charge in [0, 0.05) is 45.4 Å². The molecule has 1 fully saturated rings. The fourth-order valence-electron chi connectivity index (χ4n) is 6.23. The van der Waals surface area contributed by atoms with Crippen LogP contribution in [0.2, 0.25) is 0 Å². The molecular weight excluding hydrogens is 1140 g/mol. The van der Waals surface area contributed by atoms with Crippen molar-refractivity contribution in [1.82, 2.24) is 0 Å². The van der Waals surface area contributed by atoms with E-state index >= 15 is 0 Å². The van der Waals surface area contributed by atoms with Gasteiger partial charge in [0.15, 0.2) is 0 Å². The average molecular weight is 1180 g/mol. The number of aliphatic hydroxyl groups excluding tert-OH is 1. The van der Waals surface area contributed by atoms with E-state index in [-0.39, 0.29) is 24.7 Å². The summed E-state index contributed by atoms with van der Waals surface area (Å²) in [7, 11) is -6.02. The molecule has 279 valence electrons. The fourth-order valence-corrected chi connectivity index (χ4v) is 13.7. The van der Waals surface area contributed by atoms with Crippen molar-refractivity contribution in [3.63, 3.8) is 0 Å². The van der Waals surface area contributed by atoms with Gasteiger partial charge in [0.05, 0.1) is 6.10 Å². The monoisotopic (exact) mass is 1170 g/mol. The summed E-state index contributed by atoms with van der Waals surface area (Å²) in [5, 5.41) is 14.7. The van der Waals surface area contributed by atoms with Crippen LogP contribution in [-0.4, -0.2) is 37.4 Å². The van der Waals surface area contributed by atoms with Crippen molar-refractivity contribution in [2.75, 3.05) is 0 Å². The van der Waals surface area contributed by atoms with Crippen molar-refractivity contribution in [2.24, 2.45) is 0 Å². The third kappa shape index (κ3) is 12.1. The molecule has 6 aromatic carbocycles. The molecule has 6 aromatic rings. The molecule has 1 aliphatic rings. The number of halogens is 6. The van der Waals surface area contributed by atoms with Crippen LogP contribution in [0.3, 0.4) is 0 Å². The van der Waals surface area contributed by atoms with Gasteiger partial charge in [-0.05, 0) is 117 Å². The number of hydrogen-bond acceptors (Lipinski definition) is 3. The molecule has 0 bridgehead atoms. The van der Waals surface area contributed by atoms with E-state index in [1.165, 1.54) is 19.3 Å². The van der Waals surface area contributed by atoms with E-state index in [2.05, 4.69) is 95.6 Å². The van der Waals surface area contributed by atoms with Gasteiger partial charge in [-0.3, -0.25) is 0 Å². The number of benzene rings is 6. The van der Waals surface area contributed by atoms with E-state index in [0.29, 0.717) is 0 Å². The first-order valence-corrected chi connectivity index (χ1v) is 25.7. The fraction of sp³-hybridized carbons (Fsp3) is 0.143. The predicted molar refractivity (Wildman–Crippen MR) is 248 cm³/mol. The van der Waals surface area contributed by atoms with Crippen LogP contribution in [0.5, 0.6) is 0 Å². The quantitative estimate of drug-likeness (QED) is 0.115. The molecule has 0 amide bonds. The van der Waals surface area contributed by atoms with Gasteiger partial charge in [0.1, 0.15) is 0 Å². The van der Waals surface area contributed by atoms with Gasteiger partial charge in [0.2, 0.25) is 0 Å². The molecule has 0 spiro atoms.